The summed E-state index contributed by atoms with van der Waals surface area (Å²) in [6, 6.07) is 79.7. The van der Waals surface area contributed by atoms with Gasteiger partial charge in [-0.05, 0) is 94.5 Å². The average molecular weight is 910 g/mol. The minimum atomic E-state index is 0.511. The second-order valence-corrected chi connectivity index (χ2v) is 17.7. The SMILES string of the molecule is c1ccc(-c2cc(-c3ccccc3)cc(-c3nc(-c4ccccc4)nc(-n4c5ccccc5c5ccc6c7ccccc7n(-c7ccc(-c8ccc9nc(-c%10ccccc%10)oc9c8)cn7)c6c54)n3)c2)cc1. The van der Waals surface area contributed by atoms with E-state index in [0.29, 0.717) is 23.5 Å². The maximum atomic E-state index is 6.27. The van der Waals surface area contributed by atoms with Crippen LogP contribution in [0.15, 0.2) is 241 Å². The largest absolute Gasteiger partial charge is 0.436 e. The van der Waals surface area contributed by atoms with Crippen molar-refractivity contribution in [2.45, 2.75) is 0 Å². The topological polar surface area (TPSA) is 87.5 Å². The number of aromatic nitrogens is 7. The highest BCUT2D eigenvalue weighted by molar-refractivity contribution is 6.23. The van der Waals surface area contributed by atoms with Crippen molar-refractivity contribution in [1.29, 1.82) is 0 Å². The lowest BCUT2D eigenvalue weighted by Crippen LogP contribution is -2.07. The fourth-order valence-corrected chi connectivity index (χ4v) is 10.1. The molecule has 9 aromatic carbocycles. The standard InChI is InChI=1S/C63H39N7O/c1-5-17-40(18-6-1)46-35-47(41-19-7-2-8-20-41)37-48(36-46)61-66-60(42-21-9-3-10-22-42)67-63(68-61)70-55-28-16-14-26-50(55)52-32-31-51-49-25-13-15-27-54(49)69(58(51)59(52)70)57-34-30-45(39-64-57)44-29-33-53-56(38-44)71-62(65-53)43-23-11-4-12-24-43/h1-39H. The lowest BCUT2D eigenvalue weighted by atomic mass is 9.96. The van der Waals surface area contributed by atoms with Crippen LogP contribution in [-0.4, -0.2) is 34.1 Å². The smallest absolute Gasteiger partial charge is 0.238 e. The van der Waals surface area contributed by atoms with Crippen LogP contribution in [0.5, 0.6) is 0 Å². The van der Waals surface area contributed by atoms with Gasteiger partial charge in [0.05, 0.1) is 22.1 Å². The van der Waals surface area contributed by atoms with E-state index in [2.05, 4.69) is 167 Å². The predicted molar refractivity (Wildman–Crippen MR) is 286 cm³/mol. The highest BCUT2D eigenvalue weighted by atomic mass is 16.3. The first-order valence-electron chi connectivity index (χ1n) is 23.6. The molecule has 0 bridgehead atoms. The normalized spacial score (nSPS) is 11.7. The van der Waals surface area contributed by atoms with Crippen LogP contribution in [-0.2, 0) is 0 Å². The van der Waals surface area contributed by atoms with Crippen LogP contribution in [0.3, 0.4) is 0 Å². The molecule has 8 heteroatoms. The van der Waals surface area contributed by atoms with E-state index < -0.39 is 0 Å². The minimum Gasteiger partial charge on any atom is -0.436 e. The Kier molecular flexibility index (Phi) is 9.35. The molecule has 0 aliphatic rings. The Morgan fingerprint density at radius 2 is 0.831 bits per heavy atom. The Labute approximate surface area is 407 Å². The quantitative estimate of drug-likeness (QED) is 0.151. The molecule has 0 unspecified atom stereocenters. The van der Waals surface area contributed by atoms with Crippen molar-refractivity contribution in [3.63, 3.8) is 0 Å². The van der Waals surface area contributed by atoms with Crippen molar-refractivity contribution in [2.24, 2.45) is 0 Å². The molecule has 0 atom stereocenters. The minimum absolute atomic E-state index is 0.511. The zero-order valence-electron chi connectivity index (χ0n) is 38.1. The van der Waals surface area contributed by atoms with E-state index in [0.717, 1.165) is 111 Å². The molecule has 0 amide bonds. The van der Waals surface area contributed by atoms with Crippen molar-refractivity contribution in [2.75, 3.05) is 0 Å². The van der Waals surface area contributed by atoms with Gasteiger partial charge in [0.15, 0.2) is 17.2 Å². The van der Waals surface area contributed by atoms with Gasteiger partial charge in [-0.3, -0.25) is 9.13 Å². The second-order valence-electron chi connectivity index (χ2n) is 17.7. The van der Waals surface area contributed by atoms with Gasteiger partial charge in [-0.2, -0.15) is 9.97 Å². The van der Waals surface area contributed by atoms with Gasteiger partial charge in [0, 0.05) is 50.0 Å². The summed E-state index contributed by atoms with van der Waals surface area (Å²) in [5.41, 5.74) is 14.5. The van der Waals surface area contributed by atoms with Crippen molar-refractivity contribution in [3.8, 4) is 79.4 Å². The second kappa shape index (κ2) is 16.5. The third kappa shape index (κ3) is 6.88. The van der Waals surface area contributed by atoms with Crippen molar-refractivity contribution < 1.29 is 4.42 Å². The monoisotopic (exact) mass is 909 g/mol. The first-order chi connectivity index (χ1) is 35.2. The molecular formula is C63H39N7O. The summed E-state index contributed by atoms with van der Waals surface area (Å²) in [4.78, 5) is 26.2. The molecule has 14 rings (SSSR count). The molecule has 8 nitrogen and oxygen atoms in total. The van der Waals surface area contributed by atoms with E-state index in [1.807, 2.05) is 79.0 Å². The van der Waals surface area contributed by atoms with Crippen molar-refractivity contribution >= 4 is 54.7 Å². The first kappa shape index (κ1) is 40.3. The van der Waals surface area contributed by atoms with Crippen LogP contribution in [0, 0.1) is 0 Å². The van der Waals surface area contributed by atoms with Gasteiger partial charge >= 0.3 is 0 Å². The maximum Gasteiger partial charge on any atom is 0.238 e. The van der Waals surface area contributed by atoms with E-state index in [1.54, 1.807) is 0 Å². The summed E-state index contributed by atoms with van der Waals surface area (Å²) < 4.78 is 10.8. The summed E-state index contributed by atoms with van der Waals surface area (Å²) in [6.07, 6.45) is 1.94. The lowest BCUT2D eigenvalue weighted by molar-refractivity contribution is 0.620. The molecule has 5 heterocycles. The number of fused-ring (bicyclic) bond motifs is 8. The third-order valence-electron chi connectivity index (χ3n) is 13.4. The number of hydrogen-bond donors (Lipinski definition) is 0. The molecule has 0 aliphatic heterocycles. The maximum absolute atomic E-state index is 6.27. The van der Waals surface area contributed by atoms with Crippen molar-refractivity contribution in [1.82, 2.24) is 34.1 Å². The summed E-state index contributed by atoms with van der Waals surface area (Å²) in [6.45, 7) is 0. The molecule has 332 valence electrons. The van der Waals surface area contributed by atoms with Crippen LogP contribution in [0.4, 0.5) is 0 Å². The molecule has 0 radical (unpaired) electrons. The van der Waals surface area contributed by atoms with Gasteiger partial charge in [0.2, 0.25) is 11.8 Å². The zero-order chi connectivity index (χ0) is 46.8. The molecule has 0 aliphatic carbocycles. The van der Waals surface area contributed by atoms with Crippen LogP contribution < -0.4 is 0 Å². The van der Waals surface area contributed by atoms with E-state index in [9.17, 15) is 0 Å². The molecule has 0 saturated carbocycles. The Balaban J connectivity index is 0.992. The average Bonchev–Trinajstić information content (AvgIpc) is 4.14. The van der Waals surface area contributed by atoms with Crippen LogP contribution in [0.2, 0.25) is 0 Å². The number of nitrogens with zero attached hydrogens (tertiary/aromatic N) is 7. The van der Waals surface area contributed by atoms with Crippen LogP contribution in [0.25, 0.3) is 134 Å². The lowest BCUT2D eigenvalue weighted by Gasteiger charge is -2.14. The van der Waals surface area contributed by atoms with Gasteiger partial charge in [-0.25, -0.2) is 15.0 Å². The Morgan fingerprint density at radius 1 is 0.324 bits per heavy atom. The van der Waals surface area contributed by atoms with E-state index in [1.165, 1.54) is 0 Å². The first-order valence-corrected chi connectivity index (χ1v) is 23.6. The fourth-order valence-electron chi connectivity index (χ4n) is 10.1. The van der Waals surface area contributed by atoms with Crippen molar-refractivity contribution in [3.05, 3.63) is 237 Å². The zero-order valence-corrected chi connectivity index (χ0v) is 38.1. The third-order valence-corrected chi connectivity index (χ3v) is 13.4. The van der Waals surface area contributed by atoms with Gasteiger partial charge in [-0.15, -0.1) is 0 Å². The van der Waals surface area contributed by atoms with Gasteiger partial charge in [0.25, 0.3) is 0 Å². The number of rotatable bonds is 8. The van der Waals surface area contributed by atoms with Gasteiger partial charge < -0.3 is 4.42 Å². The Bertz CT molecular complexity index is 4260. The summed E-state index contributed by atoms with van der Waals surface area (Å²) in [7, 11) is 0. The molecule has 0 spiro atoms. The molecule has 14 aromatic rings. The summed E-state index contributed by atoms with van der Waals surface area (Å²) in [5, 5.41) is 4.37. The number of hydrogen-bond acceptors (Lipinski definition) is 6. The van der Waals surface area contributed by atoms with E-state index in [-0.39, 0.29) is 0 Å². The number of benzene rings is 9. The van der Waals surface area contributed by atoms with Gasteiger partial charge in [0.1, 0.15) is 11.3 Å². The van der Waals surface area contributed by atoms with Crippen LogP contribution in [0.1, 0.15) is 0 Å². The van der Waals surface area contributed by atoms with E-state index in [4.69, 9.17) is 29.3 Å². The number of para-hydroxylation sites is 2. The van der Waals surface area contributed by atoms with Gasteiger partial charge in [-0.1, -0.05) is 164 Å². The molecule has 0 saturated heterocycles. The Hall–Kier alpha value is -9.79. The summed E-state index contributed by atoms with van der Waals surface area (Å²) >= 11 is 0. The fraction of sp³-hybridized carbons (Fsp3) is 0. The van der Waals surface area contributed by atoms with Crippen LogP contribution >= 0.6 is 0 Å². The Morgan fingerprint density at radius 3 is 1.44 bits per heavy atom. The number of oxazole rings is 1. The molecule has 0 fully saturated rings. The molecule has 71 heavy (non-hydrogen) atoms. The highest BCUT2D eigenvalue weighted by Crippen LogP contribution is 2.42. The highest BCUT2D eigenvalue weighted by Gasteiger charge is 2.24. The predicted octanol–water partition coefficient (Wildman–Crippen LogP) is 15.6. The summed E-state index contributed by atoms with van der Waals surface area (Å²) in [5.74, 6) is 3.04. The molecule has 0 N–H and O–H groups in total. The number of pyridine rings is 1. The molecule has 5 aromatic heterocycles. The van der Waals surface area contributed by atoms with E-state index >= 15 is 0 Å². The molecular weight excluding hydrogens is 871 g/mol.